The van der Waals surface area contributed by atoms with Crippen LogP contribution in [0.3, 0.4) is 0 Å². The van der Waals surface area contributed by atoms with Crippen molar-refractivity contribution in [3.8, 4) is 0 Å². The van der Waals surface area contributed by atoms with Crippen LogP contribution in [-0.4, -0.2) is 43.1 Å². The number of aromatic nitrogens is 2. The molecule has 7 heteroatoms. The Kier molecular flexibility index (Phi) is 6.17. The Morgan fingerprint density at radius 3 is 2.80 bits per heavy atom. The maximum Gasteiger partial charge on any atom is 0.239 e. The van der Waals surface area contributed by atoms with Gasteiger partial charge in [0.25, 0.3) is 0 Å². The lowest BCUT2D eigenvalue weighted by molar-refractivity contribution is -0.119. The average Bonchev–Trinajstić information content (AvgIpc) is 2.36. The standard InChI is InChI=1S/C13H23N5O2/c1-9(2)6-15-13(19)7-18(3)12-5-10(14)16-11(17-12)8-20-4/h5,9H,6-8H2,1-4H3,(H,15,19)(H2,14,16,17). The van der Waals surface area contributed by atoms with Crippen LogP contribution in [-0.2, 0) is 16.1 Å². The highest BCUT2D eigenvalue weighted by Crippen LogP contribution is 2.12. The fraction of sp³-hybridized carbons (Fsp3) is 0.615. The van der Waals surface area contributed by atoms with Gasteiger partial charge >= 0.3 is 0 Å². The van der Waals surface area contributed by atoms with Gasteiger partial charge in [-0.15, -0.1) is 0 Å². The Bertz CT molecular complexity index is 450. The minimum absolute atomic E-state index is 0.0494. The molecule has 0 saturated carbocycles. The van der Waals surface area contributed by atoms with E-state index in [2.05, 4.69) is 15.3 Å². The van der Waals surface area contributed by atoms with Crippen molar-refractivity contribution in [3.05, 3.63) is 11.9 Å². The first-order valence-corrected chi connectivity index (χ1v) is 6.52. The molecule has 0 aliphatic heterocycles. The number of carbonyl (C=O) groups excluding carboxylic acids is 1. The van der Waals surface area contributed by atoms with E-state index in [1.165, 1.54) is 0 Å². The van der Waals surface area contributed by atoms with Gasteiger partial charge in [-0.25, -0.2) is 9.97 Å². The molecule has 0 spiro atoms. The van der Waals surface area contributed by atoms with Crippen molar-refractivity contribution in [2.24, 2.45) is 5.92 Å². The third kappa shape index (κ3) is 5.40. The van der Waals surface area contributed by atoms with E-state index in [1.54, 1.807) is 25.1 Å². The van der Waals surface area contributed by atoms with E-state index in [9.17, 15) is 4.79 Å². The van der Waals surface area contributed by atoms with Gasteiger partial charge in [0.1, 0.15) is 18.2 Å². The summed E-state index contributed by atoms with van der Waals surface area (Å²) in [5.41, 5.74) is 5.72. The molecule has 0 aromatic carbocycles. The highest BCUT2D eigenvalue weighted by Gasteiger charge is 2.11. The lowest BCUT2D eigenvalue weighted by Crippen LogP contribution is -2.37. The highest BCUT2D eigenvalue weighted by atomic mass is 16.5. The zero-order valence-corrected chi connectivity index (χ0v) is 12.5. The van der Waals surface area contributed by atoms with Gasteiger partial charge in [-0.1, -0.05) is 13.8 Å². The number of amides is 1. The first kappa shape index (κ1) is 16.2. The third-order valence-electron chi connectivity index (χ3n) is 2.53. The van der Waals surface area contributed by atoms with E-state index in [0.29, 0.717) is 29.9 Å². The third-order valence-corrected chi connectivity index (χ3v) is 2.53. The van der Waals surface area contributed by atoms with Crippen molar-refractivity contribution in [1.29, 1.82) is 0 Å². The summed E-state index contributed by atoms with van der Waals surface area (Å²) >= 11 is 0. The number of anilines is 2. The van der Waals surface area contributed by atoms with Crippen molar-refractivity contribution in [2.45, 2.75) is 20.5 Å². The molecule has 112 valence electrons. The molecule has 1 aromatic heterocycles. The number of hydrogen-bond acceptors (Lipinski definition) is 6. The molecule has 0 radical (unpaired) electrons. The van der Waals surface area contributed by atoms with E-state index < -0.39 is 0 Å². The zero-order valence-electron chi connectivity index (χ0n) is 12.5. The summed E-state index contributed by atoms with van der Waals surface area (Å²) in [5.74, 6) is 1.83. The lowest BCUT2D eigenvalue weighted by Gasteiger charge is -2.19. The topological polar surface area (TPSA) is 93.4 Å². The number of hydrogen-bond donors (Lipinski definition) is 2. The second kappa shape index (κ2) is 7.64. The predicted molar refractivity (Wildman–Crippen MR) is 78.3 cm³/mol. The molecule has 3 N–H and O–H groups in total. The number of ether oxygens (including phenoxy) is 1. The van der Waals surface area contributed by atoms with E-state index in [-0.39, 0.29) is 19.1 Å². The summed E-state index contributed by atoms with van der Waals surface area (Å²) in [5, 5.41) is 2.86. The monoisotopic (exact) mass is 281 g/mol. The molecule has 7 nitrogen and oxygen atoms in total. The number of rotatable bonds is 7. The number of likely N-dealkylation sites (N-methyl/N-ethyl adjacent to an activating group) is 1. The molecule has 20 heavy (non-hydrogen) atoms. The van der Waals surface area contributed by atoms with Gasteiger partial charge in [-0.05, 0) is 5.92 Å². The quantitative estimate of drug-likeness (QED) is 0.752. The number of methoxy groups -OCH3 is 1. The molecule has 0 fully saturated rings. The van der Waals surface area contributed by atoms with Gasteiger partial charge in [0, 0.05) is 26.8 Å². The van der Waals surface area contributed by atoms with Crippen LogP contribution < -0.4 is 16.0 Å². The van der Waals surface area contributed by atoms with Gasteiger partial charge in [0.15, 0.2) is 5.82 Å². The lowest BCUT2D eigenvalue weighted by atomic mass is 10.2. The zero-order chi connectivity index (χ0) is 15.1. The normalized spacial score (nSPS) is 10.7. The van der Waals surface area contributed by atoms with Crippen molar-refractivity contribution in [3.63, 3.8) is 0 Å². The van der Waals surface area contributed by atoms with Crippen LogP contribution in [0.2, 0.25) is 0 Å². The van der Waals surface area contributed by atoms with Gasteiger partial charge in [-0.3, -0.25) is 4.79 Å². The molecule has 0 bridgehead atoms. The molecule has 1 aromatic rings. The Balaban J connectivity index is 2.66. The Morgan fingerprint density at radius 1 is 1.50 bits per heavy atom. The summed E-state index contributed by atoms with van der Waals surface area (Å²) in [7, 11) is 3.35. The summed E-state index contributed by atoms with van der Waals surface area (Å²) in [6, 6.07) is 1.63. The van der Waals surface area contributed by atoms with Crippen LogP contribution >= 0.6 is 0 Å². The van der Waals surface area contributed by atoms with Crippen LogP contribution in [0.25, 0.3) is 0 Å². The summed E-state index contributed by atoms with van der Waals surface area (Å²) < 4.78 is 4.99. The summed E-state index contributed by atoms with van der Waals surface area (Å²) in [6.45, 7) is 5.26. The van der Waals surface area contributed by atoms with E-state index in [0.717, 1.165) is 0 Å². The maximum atomic E-state index is 11.8. The maximum absolute atomic E-state index is 11.8. The van der Waals surface area contributed by atoms with Crippen molar-refractivity contribution >= 4 is 17.5 Å². The molecule has 0 aliphatic carbocycles. The molecular weight excluding hydrogens is 258 g/mol. The van der Waals surface area contributed by atoms with E-state index in [1.807, 2.05) is 13.8 Å². The molecular formula is C13H23N5O2. The highest BCUT2D eigenvalue weighted by molar-refractivity contribution is 5.80. The molecule has 1 rings (SSSR count). The number of nitrogen functional groups attached to an aromatic ring is 1. The Morgan fingerprint density at radius 2 is 2.20 bits per heavy atom. The second-order valence-corrected chi connectivity index (χ2v) is 5.05. The molecule has 0 saturated heterocycles. The summed E-state index contributed by atoms with van der Waals surface area (Å²) in [6.07, 6.45) is 0. The first-order chi connectivity index (χ1) is 9.42. The van der Waals surface area contributed by atoms with Crippen molar-refractivity contribution in [2.75, 3.05) is 37.9 Å². The van der Waals surface area contributed by atoms with Gasteiger partial charge in [0.2, 0.25) is 5.91 Å². The van der Waals surface area contributed by atoms with Gasteiger partial charge in [-0.2, -0.15) is 0 Å². The van der Waals surface area contributed by atoms with Crippen molar-refractivity contribution < 1.29 is 9.53 Å². The molecule has 0 atom stereocenters. The SMILES string of the molecule is COCc1nc(N)cc(N(C)CC(=O)NCC(C)C)n1. The van der Waals surface area contributed by atoms with Gasteiger partial charge < -0.3 is 20.7 Å². The van der Waals surface area contributed by atoms with Crippen LogP contribution in [0, 0.1) is 5.92 Å². The fourth-order valence-electron chi connectivity index (χ4n) is 1.56. The number of nitrogens with one attached hydrogen (secondary N) is 1. The molecule has 0 unspecified atom stereocenters. The average molecular weight is 281 g/mol. The minimum Gasteiger partial charge on any atom is -0.384 e. The number of nitrogens with two attached hydrogens (primary N) is 1. The Hall–Kier alpha value is -1.89. The largest absolute Gasteiger partial charge is 0.384 e. The van der Waals surface area contributed by atoms with Crippen LogP contribution in [0.1, 0.15) is 19.7 Å². The van der Waals surface area contributed by atoms with Gasteiger partial charge in [0.05, 0.1) is 6.54 Å². The number of carbonyl (C=O) groups is 1. The fourth-order valence-corrected chi connectivity index (χ4v) is 1.56. The summed E-state index contributed by atoms with van der Waals surface area (Å²) in [4.78, 5) is 21.9. The van der Waals surface area contributed by atoms with Crippen LogP contribution in [0.4, 0.5) is 11.6 Å². The van der Waals surface area contributed by atoms with E-state index in [4.69, 9.17) is 10.5 Å². The first-order valence-electron chi connectivity index (χ1n) is 6.52. The minimum atomic E-state index is -0.0494. The van der Waals surface area contributed by atoms with Crippen LogP contribution in [0.15, 0.2) is 6.07 Å². The number of nitrogens with zero attached hydrogens (tertiary/aromatic N) is 3. The van der Waals surface area contributed by atoms with Crippen LogP contribution in [0.5, 0.6) is 0 Å². The van der Waals surface area contributed by atoms with Crippen molar-refractivity contribution in [1.82, 2.24) is 15.3 Å². The molecule has 1 amide bonds. The Labute approximate surface area is 119 Å². The predicted octanol–water partition coefficient (Wildman–Crippen LogP) is 0.414. The molecule has 0 aliphatic rings. The van der Waals surface area contributed by atoms with E-state index >= 15 is 0 Å². The second-order valence-electron chi connectivity index (χ2n) is 5.05. The molecule has 1 heterocycles. The smallest absolute Gasteiger partial charge is 0.239 e.